The molecular formula is C48H52BrNO9. The molecule has 5 rings (SSSR count). The van der Waals surface area contributed by atoms with Crippen LogP contribution in [0.15, 0.2) is 132 Å². The van der Waals surface area contributed by atoms with Crippen LogP contribution in [-0.2, 0) is 16.2 Å². The fourth-order valence-electron chi connectivity index (χ4n) is 6.90. The number of carboxylic acid groups (broad SMARTS) is 2. The molecule has 0 spiro atoms. The maximum absolute atomic E-state index is 12.8. The standard InChI is InChI=1S/C28H34BrNO.C20H18O8/c1-21(2)30(22(3)4)18-17-26(24-13-9-6-10-14-24)27-19-25(29)15-16-28(27)31-20-23-11-7-5-8-12-23;1-11-3-7-13(8-4-11)15(21)19(27,17(23)24)20(28,18(25)26)16(22)14-9-5-12(2)6-10-14/h5-16,19,21-22,26H,17-18,20H2,1-4H3;3-10,27-28H,1-2H3,(H,23,24)(H,25,26)/t26-;/m1./s1. The van der Waals surface area contributed by atoms with E-state index in [0.29, 0.717) is 29.8 Å². The van der Waals surface area contributed by atoms with E-state index >= 15 is 0 Å². The fourth-order valence-corrected chi connectivity index (χ4v) is 7.28. The van der Waals surface area contributed by atoms with Crippen LogP contribution in [0.4, 0.5) is 0 Å². The van der Waals surface area contributed by atoms with E-state index in [1.54, 1.807) is 13.8 Å². The number of carboxylic acids is 2. The molecule has 0 aliphatic rings. The summed E-state index contributed by atoms with van der Waals surface area (Å²) in [6, 6.07) is 39.0. The van der Waals surface area contributed by atoms with E-state index in [9.17, 15) is 39.6 Å². The molecule has 310 valence electrons. The van der Waals surface area contributed by atoms with Gasteiger partial charge < -0.3 is 25.2 Å². The molecule has 59 heavy (non-hydrogen) atoms. The van der Waals surface area contributed by atoms with Crippen LogP contribution >= 0.6 is 15.9 Å². The maximum Gasteiger partial charge on any atom is 0.348 e. The molecule has 0 heterocycles. The summed E-state index contributed by atoms with van der Waals surface area (Å²) >= 11 is 3.69. The highest BCUT2D eigenvalue weighted by atomic mass is 79.9. The van der Waals surface area contributed by atoms with Gasteiger partial charge in [0.25, 0.3) is 11.2 Å². The summed E-state index contributed by atoms with van der Waals surface area (Å²) in [6.07, 6.45) is 1.04. The van der Waals surface area contributed by atoms with Crippen LogP contribution < -0.4 is 4.74 Å². The van der Waals surface area contributed by atoms with Crippen molar-refractivity contribution in [1.29, 1.82) is 0 Å². The quantitative estimate of drug-likeness (QED) is 0.0526. The minimum atomic E-state index is -3.96. The third-order valence-corrected chi connectivity index (χ3v) is 10.7. The summed E-state index contributed by atoms with van der Waals surface area (Å²) in [5.74, 6) is -6.78. The number of carbonyl (C=O) groups is 4. The summed E-state index contributed by atoms with van der Waals surface area (Å²) in [7, 11) is 0. The number of nitrogens with zero attached hydrogens (tertiary/aromatic N) is 1. The summed E-state index contributed by atoms with van der Waals surface area (Å²) < 4.78 is 7.43. The van der Waals surface area contributed by atoms with Crippen LogP contribution in [0.1, 0.15) is 88.6 Å². The molecule has 0 aromatic heterocycles. The number of rotatable bonds is 17. The highest BCUT2D eigenvalue weighted by Gasteiger charge is 2.69. The third-order valence-electron chi connectivity index (χ3n) is 10.2. The van der Waals surface area contributed by atoms with Crippen molar-refractivity contribution in [3.05, 3.63) is 171 Å². The summed E-state index contributed by atoms with van der Waals surface area (Å²) in [6.45, 7) is 14.1. The minimum Gasteiger partial charge on any atom is -0.489 e. The molecule has 0 saturated carbocycles. The number of aryl methyl sites for hydroxylation is 2. The second-order valence-electron chi connectivity index (χ2n) is 15.1. The molecule has 0 bridgehead atoms. The third kappa shape index (κ3) is 11.0. The molecule has 0 saturated heterocycles. The lowest BCUT2D eigenvalue weighted by molar-refractivity contribution is -0.187. The van der Waals surface area contributed by atoms with Crippen LogP contribution in [0.25, 0.3) is 0 Å². The Morgan fingerprint density at radius 2 is 1.08 bits per heavy atom. The number of carbonyl (C=O) groups excluding carboxylic acids is 2. The molecule has 5 aromatic carbocycles. The van der Waals surface area contributed by atoms with E-state index in [-0.39, 0.29) is 17.0 Å². The van der Waals surface area contributed by atoms with Crippen molar-refractivity contribution in [2.75, 3.05) is 6.54 Å². The molecule has 0 fully saturated rings. The molecule has 3 atom stereocenters. The van der Waals surface area contributed by atoms with Gasteiger partial charge in [0, 0.05) is 39.2 Å². The number of ketones is 2. The number of halogens is 1. The Morgan fingerprint density at radius 3 is 1.51 bits per heavy atom. The molecule has 0 amide bonds. The molecule has 4 N–H and O–H groups in total. The van der Waals surface area contributed by atoms with E-state index in [1.807, 2.05) is 6.07 Å². The van der Waals surface area contributed by atoms with Crippen molar-refractivity contribution in [2.24, 2.45) is 0 Å². The Balaban J connectivity index is 0.000000262. The van der Waals surface area contributed by atoms with Gasteiger partial charge in [-0.2, -0.15) is 0 Å². The smallest absolute Gasteiger partial charge is 0.348 e. The molecule has 10 nitrogen and oxygen atoms in total. The van der Waals surface area contributed by atoms with Gasteiger partial charge in [-0.25, -0.2) is 9.59 Å². The number of hydrogen-bond acceptors (Lipinski definition) is 8. The highest BCUT2D eigenvalue weighted by molar-refractivity contribution is 9.10. The fraction of sp³-hybridized carbons (Fsp3) is 0.292. The zero-order valence-corrected chi connectivity index (χ0v) is 35.7. The lowest BCUT2D eigenvalue weighted by Gasteiger charge is -2.34. The normalized spacial score (nSPS) is 13.8. The van der Waals surface area contributed by atoms with Gasteiger partial charge in [-0.15, -0.1) is 0 Å². The van der Waals surface area contributed by atoms with Crippen molar-refractivity contribution >= 4 is 39.4 Å². The first-order valence-electron chi connectivity index (χ1n) is 19.3. The summed E-state index contributed by atoms with van der Waals surface area (Å²) in [5.41, 5.74) is -3.52. The Morgan fingerprint density at radius 1 is 0.644 bits per heavy atom. The molecule has 0 aliphatic heterocycles. The van der Waals surface area contributed by atoms with Gasteiger partial charge in [0.05, 0.1) is 0 Å². The molecule has 0 radical (unpaired) electrons. The van der Waals surface area contributed by atoms with E-state index in [2.05, 4.69) is 121 Å². The largest absolute Gasteiger partial charge is 0.489 e. The van der Waals surface area contributed by atoms with E-state index in [0.717, 1.165) is 47.5 Å². The number of ether oxygens (including phenoxy) is 1. The lowest BCUT2D eigenvalue weighted by Crippen LogP contribution is -2.71. The second-order valence-corrected chi connectivity index (χ2v) is 16.0. The minimum absolute atomic E-state index is 0.268. The molecule has 5 aromatic rings. The number of aliphatic hydroxyl groups is 2. The zero-order chi connectivity index (χ0) is 43.5. The average molecular weight is 867 g/mol. The SMILES string of the molecule is CC(C)N(CC[C@H](c1ccccc1)c1cc(Br)ccc1OCc1ccccc1)C(C)C.Cc1ccc(C(=O)C(O)(C(=O)O)C(O)(C(=O)O)C(=O)c2ccc(C)cc2)cc1. The van der Waals surface area contributed by atoms with Gasteiger partial charge in [-0.1, -0.05) is 136 Å². The molecular weight excluding hydrogens is 814 g/mol. The average Bonchev–Trinajstić information content (AvgIpc) is 3.22. The van der Waals surface area contributed by atoms with Gasteiger partial charge in [0.15, 0.2) is 0 Å². The van der Waals surface area contributed by atoms with Crippen LogP contribution in [-0.4, -0.2) is 78.7 Å². The number of hydrogen-bond donors (Lipinski definition) is 4. The van der Waals surface area contributed by atoms with Crippen LogP contribution in [0, 0.1) is 13.8 Å². The predicted molar refractivity (Wildman–Crippen MR) is 231 cm³/mol. The van der Waals surface area contributed by atoms with Crippen LogP contribution in [0.5, 0.6) is 5.75 Å². The van der Waals surface area contributed by atoms with Crippen LogP contribution in [0.3, 0.4) is 0 Å². The van der Waals surface area contributed by atoms with E-state index < -0.39 is 34.7 Å². The number of Topliss-reactive ketones (excluding diaryl/α,β-unsaturated/α-hetero) is 2. The Hall–Kier alpha value is -5.46. The van der Waals surface area contributed by atoms with Gasteiger partial charge in [-0.3, -0.25) is 14.5 Å². The van der Waals surface area contributed by atoms with Crippen LogP contribution in [0.2, 0.25) is 0 Å². The van der Waals surface area contributed by atoms with Crippen molar-refractivity contribution < 1.29 is 44.3 Å². The van der Waals surface area contributed by atoms with Gasteiger partial charge >= 0.3 is 11.9 Å². The van der Waals surface area contributed by atoms with Gasteiger partial charge in [-0.05, 0) is 83.8 Å². The number of aliphatic carboxylic acids is 2. The topological polar surface area (TPSA) is 162 Å². The van der Waals surface area contributed by atoms with Crippen molar-refractivity contribution in [1.82, 2.24) is 4.90 Å². The van der Waals surface area contributed by atoms with Gasteiger partial charge in [0.1, 0.15) is 12.4 Å². The Labute approximate surface area is 354 Å². The molecule has 11 heteroatoms. The summed E-state index contributed by atoms with van der Waals surface area (Å²) in [5, 5.41) is 40.3. The van der Waals surface area contributed by atoms with Gasteiger partial charge in [0.2, 0.25) is 11.6 Å². The Bertz CT molecular complexity index is 2100. The van der Waals surface area contributed by atoms with E-state index in [1.165, 1.54) is 41.0 Å². The predicted octanol–water partition coefficient (Wildman–Crippen LogP) is 8.67. The van der Waals surface area contributed by atoms with Crippen molar-refractivity contribution in [3.63, 3.8) is 0 Å². The van der Waals surface area contributed by atoms with Crippen molar-refractivity contribution in [3.8, 4) is 5.75 Å². The lowest BCUT2D eigenvalue weighted by atomic mass is 9.73. The second kappa shape index (κ2) is 20.5. The highest BCUT2D eigenvalue weighted by Crippen LogP contribution is 2.37. The van der Waals surface area contributed by atoms with E-state index in [4.69, 9.17) is 4.74 Å². The maximum atomic E-state index is 12.8. The van der Waals surface area contributed by atoms with Crippen molar-refractivity contribution in [2.45, 2.75) is 83.8 Å². The first-order valence-corrected chi connectivity index (χ1v) is 20.1. The first-order chi connectivity index (χ1) is 27.9. The molecule has 2 unspecified atom stereocenters. The number of benzene rings is 5. The first kappa shape index (κ1) is 46.2. The monoisotopic (exact) mass is 865 g/mol. The summed E-state index contributed by atoms with van der Waals surface area (Å²) in [4.78, 5) is 51.7. The Kier molecular flexibility index (Phi) is 16.1. The molecule has 0 aliphatic carbocycles. The zero-order valence-electron chi connectivity index (χ0n) is 34.1.